The van der Waals surface area contributed by atoms with Crippen molar-refractivity contribution in [3.05, 3.63) is 0 Å². The first kappa shape index (κ1) is 8.24. The van der Waals surface area contributed by atoms with Crippen LogP contribution in [-0.4, -0.2) is 17.0 Å². The van der Waals surface area contributed by atoms with Crippen LogP contribution < -0.4 is 0 Å². The molecule has 4 unspecified atom stereocenters. The quantitative estimate of drug-likeness (QED) is 0.593. The molecule has 2 rings (SSSR count). The zero-order valence-electron chi connectivity index (χ0n) is 7.49. The summed E-state index contributed by atoms with van der Waals surface area (Å²) >= 11 is 0. The second kappa shape index (κ2) is 2.84. The molecule has 12 heavy (non-hydrogen) atoms. The maximum Gasteiger partial charge on any atom is 0.138 e. The molecule has 0 aromatic carbocycles. The van der Waals surface area contributed by atoms with E-state index in [-0.39, 0.29) is 12.0 Å². The Hall–Kier alpha value is -0.370. The lowest BCUT2D eigenvalue weighted by atomic mass is 9.66. The molecule has 2 aliphatic carbocycles. The van der Waals surface area contributed by atoms with E-state index in [0.717, 1.165) is 19.3 Å². The largest absolute Gasteiger partial charge is 0.392 e. The minimum absolute atomic E-state index is 0.0139. The van der Waals surface area contributed by atoms with Gasteiger partial charge in [-0.15, -0.1) is 0 Å². The van der Waals surface area contributed by atoms with Crippen LogP contribution in [0, 0.1) is 17.8 Å². The zero-order valence-corrected chi connectivity index (χ0v) is 7.49. The molecule has 0 saturated heterocycles. The number of ketones is 1. The Balaban J connectivity index is 2.14. The number of Topliss-reactive ketones (excluding diaryl/α,β-unsaturated/α-hetero) is 1. The average Bonchev–Trinajstić information content (AvgIpc) is 2.03. The van der Waals surface area contributed by atoms with Gasteiger partial charge in [-0.25, -0.2) is 0 Å². The van der Waals surface area contributed by atoms with E-state index in [2.05, 4.69) is 6.92 Å². The molecule has 0 aromatic rings. The van der Waals surface area contributed by atoms with Crippen molar-refractivity contribution < 1.29 is 9.90 Å². The molecule has 2 aliphatic rings. The monoisotopic (exact) mass is 168 g/mol. The van der Waals surface area contributed by atoms with Crippen molar-refractivity contribution in [1.82, 2.24) is 0 Å². The van der Waals surface area contributed by atoms with Crippen LogP contribution in [0.15, 0.2) is 0 Å². The number of hydrogen-bond acceptors (Lipinski definition) is 2. The summed E-state index contributed by atoms with van der Waals surface area (Å²) in [5, 5.41) is 9.56. The van der Waals surface area contributed by atoms with Gasteiger partial charge >= 0.3 is 0 Å². The number of fused-ring (bicyclic) bond motifs is 2. The first-order chi connectivity index (χ1) is 5.68. The summed E-state index contributed by atoms with van der Waals surface area (Å²) < 4.78 is 0. The number of aliphatic hydroxyl groups is 1. The third-order valence-electron chi connectivity index (χ3n) is 3.60. The summed E-state index contributed by atoms with van der Waals surface area (Å²) in [7, 11) is 0. The average molecular weight is 168 g/mol. The van der Waals surface area contributed by atoms with Crippen LogP contribution in [0.3, 0.4) is 0 Å². The predicted octanol–water partition coefficient (Wildman–Crippen LogP) is 1.37. The van der Waals surface area contributed by atoms with Gasteiger partial charge in [-0.1, -0.05) is 6.92 Å². The second-order valence-electron chi connectivity index (χ2n) is 4.39. The number of aliphatic hydroxyl groups excluding tert-OH is 1. The van der Waals surface area contributed by atoms with E-state index in [0.29, 0.717) is 24.0 Å². The number of rotatable bonds is 0. The lowest BCUT2D eigenvalue weighted by Gasteiger charge is -2.40. The Morgan fingerprint density at radius 3 is 2.92 bits per heavy atom. The summed E-state index contributed by atoms with van der Waals surface area (Å²) in [6.07, 6.45) is 3.27. The van der Waals surface area contributed by atoms with Crippen LogP contribution in [0.2, 0.25) is 0 Å². The highest BCUT2D eigenvalue weighted by atomic mass is 16.3. The van der Waals surface area contributed by atoms with Gasteiger partial charge in [-0.3, -0.25) is 4.79 Å². The minimum Gasteiger partial charge on any atom is -0.392 e. The Labute approximate surface area is 73.0 Å². The van der Waals surface area contributed by atoms with Gasteiger partial charge in [0.2, 0.25) is 0 Å². The lowest BCUT2D eigenvalue weighted by Crippen LogP contribution is -2.42. The van der Waals surface area contributed by atoms with Gasteiger partial charge in [0.15, 0.2) is 0 Å². The first-order valence-corrected chi connectivity index (χ1v) is 4.89. The fourth-order valence-electron chi connectivity index (χ4n) is 2.69. The van der Waals surface area contributed by atoms with E-state index >= 15 is 0 Å². The van der Waals surface area contributed by atoms with Gasteiger partial charge in [-0.05, 0) is 31.1 Å². The van der Waals surface area contributed by atoms with Crippen molar-refractivity contribution >= 4 is 5.78 Å². The van der Waals surface area contributed by atoms with Crippen molar-refractivity contribution in [3.63, 3.8) is 0 Å². The molecule has 2 nitrogen and oxygen atoms in total. The van der Waals surface area contributed by atoms with E-state index in [1.165, 1.54) is 0 Å². The molecule has 2 saturated carbocycles. The minimum atomic E-state index is -0.332. The van der Waals surface area contributed by atoms with E-state index in [4.69, 9.17) is 0 Å². The molecule has 0 aromatic heterocycles. The predicted molar refractivity (Wildman–Crippen MR) is 45.6 cm³/mol. The number of hydrogen-bond donors (Lipinski definition) is 1. The van der Waals surface area contributed by atoms with E-state index in [1.807, 2.05) is 0 Å². The summed E-state index contributed by atoms with van der Waals surface area (Å²) in [6, 6.07) is 0. The van der Waals surface area contributed by atoms with Crippen LogP contribution in [0.1, 0.15) is 32.6 Å². The lowest BCUT2D eigenvalue weighted by molar-refractivity contribution is -0.135. The fraction of sp³-hybridized carbons (Fsp3) is 0.900. The molecule has 0 amide bonds. The summed E-state index contributed by atoms with van der Waals surface area (Å²) in [6.45, 7) is 2.16. The smallest absolute Gasteiger partial charge is 0.138 e. The van der Waals surface area contributed by atoms with Gasteiger partial charge in [0.1, 0.15) is 5.78 Å². The molecule has 0 heterocycles. The molecule has 0 spiro atoms. The van der Waals surface area contributed by atoms with Crippen molar-refractivity contribution in [2.75, 3.05) is 0 Å². The Morgan fingerprint density at radius 1 is 1.42 bits per heavy atom. The third kappa shape index (κ3) is 1.18. The molecule has 0 aliphatic heterocycles. The third-order valence-corrected chi connectivity index (χ3v) is 3.60. The highest BCUT2D eigenvalue weighted by Gasteiger charge is 2.40. The van der Waals surface area contributed by atoms with Crippen molar-refractivity contribution in [3.8, 4) is 0 Å². The molecule has 68 valence electrons. The zero-order chi connectivity index (χ0) is 8.72. The molecule has 2 fully saturated rings. The topological polar surface area (TPSA) is 37.3 Å². The summed E-state index contributed by atoms with van der Waals surface area (Å²) in [4.78, 5) is 11.5. The molecule has 2 bridgehead atoms. The number of carbonyl (C=O) groups excluding carboxylic acids is 1. The molecule has 0 radical (unpaired) electrons. The first-order valence-electron chi connectivity index (χ1n) is 4.89. The van der Waals surface area contributed by atoms with Crippen LogP contribution in [0.4, 0.5) is 0 Å². The van der Waals surface area contributed by atoms with Gasteiger partial charge in [0.05, 0.1) is 6.10 Å². The van der Waals surface area contributed by atoms with E-state index < -0.39 is 0 Å². The van der Waals surface area contributed by atoms with Gasteiger partial charge in [-0.2, -0.15) is 0 Å². The molecule has 1 N–H and O–H groups in total. The normalized spacial score (nSPS) is 47.7. The summed E-state index contributed by atoms with van der Waals surface area (Å²) in [5.41, 5.74) is 0. The Kier molecular flexibility index (Phi) is 1.95. The summed E-state index contributed by atoms with van der Waals surface area (Å²) in [5.74, 6) is 1.54. The van der Waals surface area contributed by atoms with Crippen LogP contribution in [-0.2, 0) is 4.79 Å². The van der Waals surface area contributed by atoms with Crippen LogP contribution in [0.25, 0.3) is 0 Å². The van der Waals surface area contributed by atoms with Crippen molar-refractivity contribution in [2.45, 2.75) is 38.7 Å². The fourth-order valence-corrected chi connectivity index (χ4v) is 2.69. The van der Waals surface area contributed by atoms with Crippen molar-refractivity contribution in [2.24, 2.45) is 17.8 Å². The molecule has 2 heteroatoms. The van der Waals surface area contributed by atoms with Crippen LogP contribution in [0.5, 0.6) is 0 Å². The Morgan fingerprint density at radius 2 is 2.17 bits per heavy atom. The Bertz CT molecular complexity index is 200. The van der Waals surface area contributed by atoms with Gasteiger partial charge < -0.3 is 5.11 Å². The second-order valence-corrected chi connectivity index (χ2v) is 4.39. The highest BCUT2D eigenvalue weighted by molar-refractivity contribution is 5.82. The van der Waals surface area contributed by atoms with Gasteiger partial charge in [0, 0.05) is 12.3 Å². The highest BCUT2D eigenvalue weighted by Crippen LogP contribution is 2.41. The van der Waals surface area contributed by atoms with Crippen LogP contribution >= 0.6 is 0 Å². The van der Waals surface area contributed by atoms with E-state index in [1.54, 1.807) is 0 Å². The number of carbonyl (C=O) groups is 1. The maximum atomic E-state index is 11.5. The maximum absolute atomic E-state index is 11.5. The molecular weight excluding hydrogens is 152 g/mol. The standard InChI is InChI=1S/C10H16O2/c1-6-4-10(12)8-5-7(6)2-3-9(8)11/h6-9,11H,2-5H2,1H3. The molecular formula is C10H16O2. The van der Waals surface area contributed by atoms with Gasteiger partial charge in [0.25, 0.3) is 0 Å². The molecule has 4 atom stereocenters. The van der Waals surface area contributed by atoms with Crippen molar-refractivity contribution in [1.29, 1.82) is 0 Å². The van der Waals surface area contributed by atoms with E-state index in [9.17, 15) is 9.90 Å². The SMILES string of the molecule is CC1CC(=O)C2CC1CCC2O.